The Morgan fingerprint density at radius 2 is 1.21 bits per heavy atom. The Kier molecular flexibility index (Phi) is 12.1. The van der Waals surface area contributed by atoms with Crippen molar-refractivity contribution >= 4 is 12.8 Å². The van der Waals surface area contributed by atoms with Crippen LogP contribution in [0.15, 0.2) is 0 Å². The van der Waals surface area contributed by atoms with Gasteiger partial charge in [-0.1, -0.05) is 0 Å². The Hall–Kier alpha value is -0.180. The van der Waals surface area contributed by atoms with Crippen molar-refractivity contribution in [1.82, 2.24) is 0 Å². The third-order valence-corrected chi connectivity index (χ3v) is 11.6. The third kappa shape index (κ3) is 7.37. The van der Waals surface area contributed by atoms with Crippen LogP contribution in [0.3, 0.4) is 0 Å². The zero-order valence-corrected chi connectivity index (χ0v) is 17.5. The number of aliphatic hydroxyl groups is 1. The van der Waals surface area contributed by atoms with Crippen LogP contribution in [0.4, 0.5) is 0 Å². The predicted molar refractivity (Wildman–Crippen MR) is 107 cm³/mol. The number of aliphatic hydroxyl groups excluding tert-OH is 1. The molecule has 0 aliphatic carbocycles. The molecule has 0 radical (unpaired) electrons. The molecule has 0 aromatic rings. The summed E-state index contributed by atoms with van der Waals surface area (Å²) in [6.07, 6.45) is 13.0. The first-order chi connectivity index (χ1) is 11.4. The van der Waals surface area contributed by atoms with Crippen molar-refractivity contribution in [3.8, 4) is 0 Å². The average Bonchev–Trinajstić information content (AvgIpc) is 2.61. The van der Waals surface area contributed by atoms with Gasteiger partial charge in [0.15, 0.2) is 0 Å². The van der Waals surface area contributed by atoms with E-state index in [4.69, 9.17) is 10.3 Å². The fourth-order valence-corrected chi connectivity index (χ4v) is 10.3. The quantitative estimate of drug-likeness (QED) is 0.420. The van der Waals surface area contributed by atoms with Crippen LogP contribution >= 0.6 is 6.83 Å². The number of unbranched alkanes of at least 4 members (excludes halogenated alkanes) is 4. The van der Waals surface area contributed by atoms with Crippen LogP contribution in [0.25, 0.3) is 0 Å². The van der Waals surface area contributed by atoms with Gasteiger partial charge in [0.2, 0.25) is 0 Å². The number of rotatable bonds is 15. The molecule has 0 rings (SSSR count). The Bertz CT molecular complexity index is 306. The molecule has 0 amide bonds. The van der Waals surface area contributed by atoms with Crippen molar-refractivity contribution in [1.29, 1.82) is 0 Å². The second kappa shape index (κ2) is 12.2. The fraction of sp³-hybridized carbons (Fsp3) is 0.947. The summed E-state index contributed by atoms with van der Waals surface area (Å²) in [7, 11) is 0. The van der Waals surface area contributed by atoms with E-state index in [0.717, 1.165) is 76.0 Å². The summed E-state index contributed by atoms with van der Waals surface area (Å²) in [5.41, 5.74) is 5.79. The normalized spacial score (nSPS) is 14.8. The van der Waals surface area contributed by atoms with Crippen LogP contribution in [-0.2, 0) is 9.32 Å². The van der Waals surface area contributed by atoms with Crippen molar-refractivity contribution in [2.45, 2.75) is 85.1 Å². The molecular weight excluding hydrogens is 321 g/mol. The van der Waals surface area contributed by atoms with E-state index in [1.165, 1.54) is 0 Å². The summed E-state index contributed by atoms with van der Waals surface area (Å²) in [4.78, 5) is 12.6. The van der Waals surface area contributed by atoms with E-state index in [1.54, 1.807) is 0 Å². The van der Waals surface area contributed by atoms with Gasteiger partial charge in [-0.2, -0.15) is 0 Å². The first-order valence-electron chi connectivity index (χ1n) is 10.0. The number of hydrogen-bond acceptors (Lipinski definition) is 4. The van der Waals surface area contributed by atoms with Crippen LogP contribution < -0.4 is 5.73 Å². The van der Waals surface area contributed by atoms with Crippen molar-refractivity contribution in [3.05, 3.63) is 0 Å². The molecule has 4 nitrogen and oxygen atoms in total. The molecule has 0 aliphatic heterocycles. The summed E-state index contributed by atoms with van der Waals surface area (Å²) < 4.78 is 6.39. The Morgan fingerprint density at radius 1 is 0.875 bits per heavy atom. The third-order valence-electron chi connectivity index (χ3n) is 5.16. The Morgan fingerprint density at radius 3 is 1.46 bits per heavy atom. The van der Waals surface area contributed by atoms with Gasteiger partial charge in [0.1, 0.15) is 0 Å². The first-order valence-corrected chi connectivity index (χ1v) is 12.9. The molecule has 0 aliphatic rings. The molecule has 146 valence electrons. The van der Waals surface area contributed by atoms with Gasteiger partial charge in [-0.3, -0.25) is 0 Å². The Labute approximate surface area is 149 Å². The molecule has 24 heavy (non-hydrogen) atoms. The summed E-state index contributed by atoms with van der Waals surface area (Å²) in [6, 6.07) is -0.905. The van der Waals surface area contributed by atoms with Crippen molar-refractivity contribution in [2.24, 2.45) is 5.73 Å². The maximum absolute atomic E-state index is 12.6. The molecule has 0 aromatic heterocycles. The topological polar surface area (TPSA) is 72.5 Å². The van der Waals surface area contributed by atoms with Gasteiger partial charge in [0, 0.05) is 0 Å². The van der Waals surface area contributed by atoms with Crippen molar-refractivity contribution in [3.63, 3.8) is 0 Å². The summed E-state index contributed by atoms with van der Waals surface area (Å²) in [5, 5.41) is 9.28. The number of carbonyl (C=O) groups excluding carboxylic acids is 1. The fourth-order valence-electron chi connectivity index (χ4n) is 3.48. The van der Waals surface area contributed by atoms with E-state index in [0.29, 0.717) is 0 Å². The van der Waals surface area contributed by atoms with Crippen molar-refractivity contribution < 1.29 is 14.4 Å². The van der Waals surface area contributed by atoms with Crippen LogP contribution in [0, 0.1) is 0 Å². The summed E-state index contributed by atoms with van der Waals surface area (Å²) in [6.45, 7) is 5.86. The SMILES string of the molecule is CCCCP(CCCC)(CCCC)(CCCC)OC(=O)[C@H](N)CO. The van der Waals surface area contributed by atoms with Crippen LogP contribution in [0.1, 0.15) is 79.1 Å². The number of carbonyl (C=O) groups is 1. The van der Waals surface area contributed by atoms with E-state index in [9.17, 15) is 9.90 Å². The standard InChI is InChI=1S/C19H42NO3P/c1-5-9-13-24(14-10-6-2,15-11-7-3,16-12-8-4)23-19(22)18(20)17-21/h18,21H,5-17,20H2,1-4H3/t18-/m1/s1. The van der Waals surface area contributed by atoms with Crippen LogP contribution in [0.2, 0.25) is 0 Å². The number of nitrogens with two attached hydrogens (primary N) is 1. The Balaban J connectivity index is 5.76. The minimum atomic E-state index is -2.61. The van der Waals surface area contributed by atoms with E-state index >= 15 is 0 Å². The molecule has 0 saturated heterocycles. The summed E-state index contributed by atoms with van der Waals surface area (Å²) >= 11 is 0. The predicted octanol–water partition coefficient (Wildman–Crippen LogP) is 4.52. The van der Waals surface area contributed by atoms with Gasteiger partial charge in [-0.25, -0.2) is 0 Å². The zero-order chi connectivity index (χ0) is 18.5. The molecule has 0 unspecified atom stereocenters. The monoisotopic (exact) mass is 363 g/mol. The van der Waals surface area contributed by atoms with E-state index in [1.807, 2.05) is 0 Å². The first kappa shape index (κ1) is 23.8. The van der Waals surface area contributed by atoms with Gasteiger partial charge in [-0.15, -0.1) is 0 Å². The molecule has 0 heterocycles. The van der Waals surface area contributed by atoms with Gasteiger partial charge >= 0.3 is 149 Å². The molecule has 0 aromatic carbocycles. The molecule has 3 N–H and O–H groups in total. The van der Waals surface area contributed by atoms with Gasteiger partial charge < -0.3 is 0 Å². The van der Waals surface area contributed by atoms with Crippen molar-refractivity contribution in [2.75, 3.05) is 31.3 Å². The molecule has 1 atom stereocenters. The molecular formula is C19H42NO3P. The average molecular weight is 364 g/mol. The maximum atomic E-state index is 12.6. The second-order valence-electron chi connectivity index (χ2n) is 7.37. The minimum absolute atomic E-state index is 0.339. The molecule has 0 spiro atoms. The van der Waals surface area contributed by atoms with Gasteiger partial charge in [0.25, 0.3) is 0 Å². The number of hydrogen-bond donors (Lipinski definition) is 2. The zero-order valence-electron chi connectivity index (χ0n) is 16.6. The molecule has 0 bridgehead atoms. The van der Waals surface area contributed by atoms with Crippen LogP contribution in [-0.4, -0.2) is 48.4 Å². The molecule has 0 fully saturated rings. The van der Waals surface area contributed by atoms with Gasteiger partial charge in [0.05, 0.1) is 0 Å². The van der Waals surface area contributed by atoms with E-state index < -0.39 is 12.9 Å². The van der Waals surface area contributed by atoms with E-state index in [-0.39, 0.29) is 12.6 Å². The van der Waals surface area contributed by atoms with E-state index in [2.05, 4.69) is 27.7 Å². The summed E-state index contributed by atoms with van der Waals surface area (Å²) in [5.74, 6) is -0.380. The van der Waals surface area contributed by atoms with Crippen LogP contribution in [0.5, 0.6) is 0 Å². The van der Waals surface area contributed by atoms with Gasteiger partial charge in [-0.05, 0) is 0 Å². The second-order valence-corrected chi connectivity index (χ2v) is 13.1. The molecule has 0 saturated carbocycles. The molecule has 5 heteroatoms.